The topological polar surface area (TPSA) is 72.2 Å². The van der Waals surface area contributed by atoms with Gasteiger partial charge in [-0.05, 0) is 11.6 Å². The number of rotatable bonds is 3. The number of nitrogens with zero attached hydrogens (tertiary/aromatic N) is 1. The molecule has 0 aromatic heterocycles. The van der Waals surface area contributed by atoms with Crippen molar-refractivity contribution in [3.8, 4) is 0 Å². The van der Waals surface area contributed by atoms with Crippen molar-refractivity contribution in [1.29, 1.82) is 0 Å². The molecule has 1 aromatic rings. The number of carbonyl (C=O) groups excluding carboxylic acids is 1. The first-order valence-electron chi connectivity index (χ1n) is 4.61. The van der Waals surface area contributed by atoms with Crippen LogP contribution in [-0.2, 0) is 11.3 Å². The van der Waals surface area contributed by atoms with Gasteiger partial charge >= 0.3 is 17.8 Å². The minimum Gasteiger partial charge on any atom is -0.344 e. The number of halogens is 5. The normalized spacial score (nSPS) is 11.2. The Morgan fingerprint density at radius 3 is 2.42 bits per heavy atom. The van der Waals surface area contributed by atoms with Gasteiger partial charge in [-0.3, -0.25) is 14.9 Å². The Morgan fingerprint density at radius 1 is 1.37 bits per heavy atom. The standard InChI is InChI=1S/C9H5Cl2F3N2O3/c10-5-2-1-4(6(11)7(5)16(18)19)3-15-8(17)9(12,13)14/h1-2H,3H2,(H,15,17). The highest BCUT2D eigenvalue weighted by Crippen LogP contribution is 2.35. The smallest absolute Gasteiger partial charge is 0.344 e. The van der Waals surface area contributed by atoms with E-state index in [2.05, 4.69) is 0 Å². The van der Waals surface area contributed by atoms with E-state index in [9.17, 15) is 28.1 Å². The lowest BCUT2D eigenvalue weighted by Crippen LogP contribution is -2.36. The summed E-state index contributed by atoms with van der Waals surface area (Å²) in [5.41, 5.74) is -0.669. The number of nitrogens with one attached hydrogen (secondary N) is 1. The van der Waals surface area contributed by atoms with Gasteiger partial charge in [-0.1, -0.05) is 29.3 Å². The van der Waals surface area contributed by atoms with Gasteiger partial charge in [0.2, 0.25) is 0 Å². The Hall–Kier alpha value is -1.54. The molecule has 0 saturated carbocycles. The average Bonchev–Trinajstić information content (AvgIpc) is 2.25. The molecule has 0 unspecified atom stereocenters. The molecule has 104 valence electrons. The van der Waals surface area contributed by atoms with Gasteiger partial charge in [-0.25, -0.2) is 0 Å². The largest absolute Gasteiger partial charge is 0.471 e. The molecule has 0 saturated heterocycles. The van der Waals surface area contributed by atoms with Crippen LogP contribution in [0.2, 0.25) is 10.0 Å². The van der Waals surface area contributed by atoms with Gasteiger partial charge in [0.1, 0.15) is 10.0 Å². The zero-order chi connectivity index (χ0) is 14.8. The van der Waals surface area contributed by atoms with E-state index >= 15 is 0 Å². The molecule has 0 aliphatic carbocycles. The van der Waals surface area contributed by atoms with Crippen LogP contribution in [0.25, 0.3) is 0 Å². The summed E-state index contributed by atoms with van der Waals surface area (Å²) in [5, 5.41) is 11.5. The molecule has 0 fully saturated rings. The van der Waals surface area contributed by atoms with Crippen LogP contribution in [0, 0.1) is 10.1 Å². The third kappa shape index (κ3) is 3.71. The predicted octanol–water partition coefficient (Wildman–Crippen LogP) is 3.08. The number of alkyl halides is 3. The van der Waals surface area contributed by atoms with Crippen molar-refractivity contribution in [2.24, 2.45) is 0 Å². The Morgan fingerprint density at radius 2 is 1.95 bits per heavy atom. The Bertz CT molecular complexity index is 534. The summed E-state index contributed by atoms with van der Waals surface area (Å²) in [5.74, 6) is -2.17. The lowest BCUT2D eigenvalue weighted by molar-refractivity contribution is -0.384. The van der Waals surface area contributed by atoms with Crippen LogP contribution in [0.15, 0.2) is 12.1 Å². The second kappa shape index (κ2) is 5.62. The first-order chi connectivity index (χ1) is 8.64. The molecule has 19 heavy (non-hydrogen) atoms. The molecular formula is C9H5Cl2F3N2O3. The summed E-state index contributed by atoms with van der Waals surface area (Å²) in [6.07, 6.45) is -5.04. The number of amides is 1. The van der Waals surface area contributed by atoms with Crippen LogP contribution in [-0.4, -0.2) is 17.0 Å². The number of hydrogen-bond acceptors (Lipinski definition) is 3. The molecule has 5 nitrogen and oxygen atoms in total. The van der Waals surface area contributed by atoms with Crippen molar-refractivity contribution in [2.75, 3.05) is 0 Å². The Balaban J connectivity index is 2.95. The highest BCUT2D eigenvalue weighted by atomic mass is 35.5. The third-order valence-electron chi connectivity index (χ3n) is 2.03. The molecule has 0 aliphatic heterocycles. The van der Waals surface area contributed by atoms with Crippen molar-refractivity contribution < 1.29 is 22.9 Å². The van der Waals surface area contributed by atoms with Crippen molar-refractivity contribution in [2.45, 2.75) is 12.7 Å². The fourth-order valence-corrected chi connectivity index (χ4v) is 1.74. The van der Waals surface area contributed by atoms with E-state index in [1.165, 1.54) is 6.07 Å². The third-order valence-corrected chi connectivity index (χ3v) is 2.75. The molecule has 1 amide bonds. The highest BCUT2D eigenvalue weighted by Gasteiger charge is 2.38. The zero-order valence-electron chi connectivity index (χ0n) is 8.92. The number of carbonyl (C=O) groups is 1. The van der Waals surface area contributed by atoms with Gasteiger partial charge in [-0.15, -0.1) is 0 Å². The van der Waals surface area contributed by atoms with Crippen molar-refractivity contribution >= 4 is 34.8 Å². The fourth-order valence-electron chi connectivity index (χ4n) is 1.16. The zero-order valence-corrected chi connectivity index (χ0v) is 10.4. The van der Waals surface area contributed by atoms with Crippen molar-refractivity contribution in [1.82, 2.24) is 5.32 Å². The molecule has 1 aromatic carbocycles. The Labute approximate surface area is 114 Å². The van der Waals surface area contributed by atoms with Crippen LogP contribution in [0.4, 0.5) is 18.9 Å². The van der Waals surface area contributed by atoms with Crippen molar-refractivity contribution in [3.63, 3.8) is 0 Å². The van der Waals surface area contributed by atoms with E-state index in [0.717, 1.165) is 6.07 Å². The second-order valence-corrected chi connectivity index (χ2v) is 4.09. The number of nitro benzene ring substituents is 1. The van der Waals surface area contributed by atoms with E-state index in [1.54, 1.807) is 5.32 Å². The van der Waals surface area contributed by atoms with Gasteiger partial charge in [0.15, 0.2) is 0 Å². The van der Waals surface area contributed by atoms with Crippen LogP contribution in [0.1, 0.15) is 5.56 Å². The molecule has 0 heterocycles. The maximum absolute atomic E-state index is 11.9. The average molecular weight is 317 g/mol. The monoisotopic (exact) mass is 316 g/mol. The fraction of sp³-hybridized carbons (Fsp3) is 0.222. The summed E-state index contributed by atoms with van der Waals surface area (Å²) in [4.78, 5) is 20.4. The van der Waals surface area contributed by atoms with E-state index < -0.39 is 34.3 Å². The summed E-state index contributed by atoms with van der Waals surface area (Å²) in [6, 6.07) is 2.30. The first-order valence-corrected chi connectivity index (χ1v) is 5.36. The minimum absolute atomic E-state index is 0.0460. The molecule has 0 spiro atoms. The van der Waals surface area contributed by atoms with Crippen molar-refractivity contribution in [3.05, 3.63) is 37.9 Å². The molecular weight excluding hydrogens is 312 g/mol. The molecule has 1 rings (SSSR count). The second-order valence-electron chi connectivity index (χ2n) is 3.31. The van der Waals surface area contributed by atoms with E-state index in [1.807, 2.05) is 0 Å². The summed E-state index contributed by atoms with van der Waals surface area (Å²) < 4.78 is 35.8. The van der Waals surface area contributed by atoms with Gasteiger partial charge < -0.3 is 5.32 Å². The maximum Gasteiger partial charge on any atom is 0.471 e. The number of nitro groups is 1. The number of hydrogen-bond donors (Lipinski definition) is 1. The van der Waals surface area contributed by atoms with Gasteiger partial charge in [0.05, 0.1) is 4.92 Å². The first kappa shape index (κ1) is 15.5. The van der Waals surface area contributed by atoms with E-state index in [4.69, 9.17) is 23.2 Å². The molecule has 0 radical (unpaired) electrons. The van der Waals surface area contributed by atoms with Crippen LogP contribution < -0.4 is 5.32 Å². The molecule has 10 heteroatoms. The van der Waals surface area contributed by atoms with Gasteiger partial charge in [0.25, 0.3) is 0 Å². The molecule has 0 atom stereocenters. The van der Waals surface area contributed by atoms with Crippen LogP contribution >= 0.6 is 23.2 Å². The minimum atomic E-state index is -5.04. The van der Waals surface area contributed by atoms with Crippen LogP contribution in [0.5, 0.6) is 0 Å². The quantitative estimate of drug-likeness (QED) is 0.688. The molecule has 0 bridgehead atoms. The summed E-state index contributed by atoms with van der Waals surface area (Å²) in [7, 11) is 0. The van der Waals surface area contributed by atoms with Crippen LogP contribution in [0.3, 0.4) is 0 Å². The van der Waals surface area contributed by atoms with E-state index in [0.29, 0.717) is 0 Å². The van der Waals surface area contributed by atoms with Gasteiger partial charge in [-0.2, -0.15) is 13.2 Å². The maximum atomic E-state index is 11.9. The predicted molar refractivity (Wildman–Crippen MR) is 61.0 cm³/mol. The molecule has 1 N–H and O–H groups in total. The summed E-state index contributed by atoms with van der Waals surface area (Å²) >= 11 is 11.2. The lowest BCUT2D eigenvalue weighted by Gasteiger charge is -2.09. The highest BCUT2D eigenvalue weighted by molar-refractivity contribution is 6.38. The number of benzene rings is 1. The lowest BCUT2D eigenvalue weighted by atomic mass is 10.2. The Kier molecular flexibility index (Phi) is 4.59. The SMILES string of the molecule is O=C(NCc1ccc(Cl)c([N+](=O)[O-])c1Cl)C(F)(F)F. The van der Waals surface area contributed by atoms with Gasteiger partial charge in [0, 0.05) is 6.54 Å². The van der Waals surface area contributed by atoms with E-state index in [-0.39, 0.29) is 10.6 Å². The summed E-state index contributed by atoms with van der Waals surface area (Å²) in [6.45, 7) is -0.602. The molecule has 0 aliphatic rings.